The molecule has 82 valence electrons. The lowest BCUT2D eigenvalue weighted by Gasteiger charge is -2.06. The maximum absolute atomic E-state index is 11.8. The van der Waals surface area contributed by atoms with Crippen LogP contribution in [0.15, 0.2) is 35.3 Å². The summed E-state index contributed by atoms with van der Waals surface area (Å²) in [6.07, 6.45) is 4.48. The molecule has 0 aliphatic carbocycles. The molecule has 0 spiro atoms. The van der Waals surface area contributed by atoms with Crippen molar-refractivity contribution in [1.29, 1.82) is 0 Å². The zero-order chi connectivity index (χ0) is 11.4. The van der Waals surface area contributed by atoms with Gasteiger partial charge in [-0.25, -0.2) is 0 Å². The Morgan fingerprint density at radius 1 is 1.44 bits per heavy atom. The van der Waals surface area contributed by atoms with Gasteiger partial charge in [-0.15, -0.1) is 0 Å². The van der Waals surface area contributed by atoms with Gasteiger partial charge in [0.05, 0.1) is 5.56 Å². The fourth-order valence-corrected chi connectivity index (χ4v) is 1.25. The summed E-state index contributed by atoms with van der Waals surface area (Å²) in [4.78, 5) is 15.7. The van der Waals surface area contributed by atoms with Crippen molar-refractivity contribution in [3.63, 3.8) is 0 Å². The first-order valence-electron chi connectivity index (χ1n) is 4.65. The van der Waals surface area contributed by atoms with Crippen LogP contribution in [0.2, 0.25) is 0 Å². The molecule has 0 fully saturated rings. The van der Waals surface area contributed by atoms with Gasteiger partial charge in [0, 0.05) is 31.2 Å². The summed E-state index contributed by atoms with van der Waals surface area (Å²) in [7, 11) is 1.74. The van der Waals surface area contributed by atoms with Gasteiger partial charge in [0.25, 0.3) is 5.91 Å². The number of carbonyl (C=O) groups is 1. The molecule has 0 saturated carbocycles. The molecule has 2 aromatic rings. The second-order valence-corrected chi connectivity index (χ2v) is 3.01. The van der Waals surface area contributed by atoms with Crippen LogP contribution < -0.4 is 10.6 Å². The van der Waals surface area contributed by atoms with Crippen LogP contribution >= 0.6 is 0 Å². The molecule has 2 heterocycles. The number of rotatable bonds is 3. The molecule has 0 atom stereocenters. The summed E-state index contributed by atoms with van der Waals surface area (Å²) in [6, 6.07) is 3.28. The van der Waals surface area contributed by atoms with E-state index in [1.807, 2.05) is 0 Å². The molecule has 0 radical (unpaired) electrons. The van der Waals surface area contributed by atoms with Crippen molar-refractivity contribution in [2.45, 2.75) is 0 Å². The average molecular weight is 218 g/mol. The quantitative estimate of drug-likeness (QED) is 0.813. The Labute approximate surface area is 91.7 Å². The molecule has 2 rings (SSSR count). The van der Waals surface area contributed by atoms with Gasteiger partial charge in [0.2, 0.25) is 0 Å². The van der Waals surface area contributed by atoms with Crippen molar-refractivity contribution in [2.24, 2.45) is 0 Å². The maximum atomic E-state index is 11.8. The number of nitrogens with one attached hydrogen (secondary N) is 2. The zero-order valence-electron chi connectivity index (χ0n) is 8.60. The summed E-state index contributed by atoms with van der Waals surface area (Å²) in [6.45, 7) is 0. The standard InChI is InChI=1S/C10H10N4O2/c1-11-8-2-4-12-6-7(8)10(15)13-9-3-5-16-14-9/h2-6H,1H3,(H,11,12)(H,13,14,15). The van der Waals surface area contributed by atoms with Gasteiger partial charge < -0.3 is 15.2 Å². The number of hydrogen-bond acceptors (Lipinski definition) is 5. The maximum Gasteiger partial charge on any atom is 0.260 e. The van der Waals surface area contributed by atoms with Crippen molar-refractivity contribution < 1.29 is 9.32 Å². The van der Waals surface area contributed by atoms with Gasteiger partial charge in [-0.05, 0) is 6.07 Å². The van der Waals surface area contributed by atoms with Crippen LogP contribution in [-0.4, -0.2) is 23.1 Å². The van der Waals surface area contributed by atoms with Gasteiger partial charge in [-0.1, -0.05) is 5.16 Å². The van der Waals surface area contributed by atoms with E-state index in [9.17, 15) is 4.79 Å². The van der Waals surface area contributed by atoms with Gasteiger partial charge in [0.1, 0.15) is 6.26 Å². The van der Waals surface area contributed by atoms with E-state index < -0.39 is 0 Å². The van der Waals surface area contributed by atoms with Crippen molar-refractivity contribution >= 4 is 17.4 Å². The topological polar surface area (TPSA) is 80.0 Å². The molecule has 0 unspecified atom stereocenters. The molecule has 0 aliphatic heterocycles. The number of carbonyl (C=O) groups excluding carboxylic acids is 1. The fraction of sp³-hybridized carbons (Fsp3) is 0.100. The molecule has 6 heteroatoms. The Hall–Kier alpha value is -2.37. The highest BCUT2D eigenvalue weighted by Crippen LogP contribution is 2.14. The van der Waals surface area contributed by atoms with Crippen molar-refractivity contribution in [3.05, 3.63) is 36.4 Å². The average Bonchev–Trinajstić information content (AvgIpc) is 2.81. The Balaban J connectivity index is 2.21. The molecule has 0 saturated heterocycles. The molecule has 16 heavy (non-hydrogen) atoms. The first-order valence-corrected chi connectivity index (χ1v) is 4.65. The summed E-state index contributed by atoms with van der Waals surface area (Å²) >= 11 is 0. The Morgan fingerprint density at radius 2 is 2.31 bits per heavy atom. The largest absolute Gasteiger partial charge is 0.387 e. The lowest BCUT2D eigenvalue weighted by molar-refractivity contribution is 0.102. The Bertz CT molecular complexity index is 481. The molecule has 0 aromatic carbocycles. The second kappa shape index (κ2) is 4.43. The van der Waals surface area contributed by atoms with E-state index in [4.69, 9.17) is 0 Å². The minimum absolute atomic E-state index is 0.286. The highest BCUT2D eigenvalue weighted by molar-refractivity contribution is 6.07. The summed E-state index contributed by atoms with van der Waals surface area (Å²) in [5.41, 5.74) is 1.16. The zero-order valence-corrected chi connectivity index (χ0v) is 8.60. The van der Waals surface area contributed by atoms with Crippen molar-refractivity contribution in [1.82, 2.24) is 10.1 Å². The lowest BCUT2D eigenvalue weighted by atomic mass is 10.2. The van der Waals surface area contributed by atoms with Crippen LogP contribution in [-0.2, 0) is 0 Å². The van der Waals surface area contributed by atoms with Crippen LogP contribution in [0.25, 0.3) is 0 Å². The molecule has 2 aromatic heterocycles. The summed E-state index contributed by atoms with van der Waals surface area (Å²) in [5.74, 6) is 0.0854. The summed E-state index contributed by atoms with van der Waals surface area (Å²) < 4.78 is 4.61. The number of pyridine rings is 1. The number of nitrogens with zero attached hydrogens (tertiary/aromatic N) is 2. The van der Waals surface area contributed by atoms with Gasteiger partial charge >= 0.3 is 0 Å². The smallest absolute Gasteiger partial charge is 0.260 e. The minimum atomic E-state index is -0.286. The Morgan fingerprint density at radius 3 is 3.00 bits per heavy atom. The van der Waals surface area contributed by atoms with Crippen LogP contribution in [0.1, 0.15) is 10.4 Å². The van der Waals surface area contributed by atoms with Gasteiger partial charge in [-0.2, -0.15) is 0 Å². The lowest BCUT2D eigenvalue weighted by Crippen LogP contribution is -2.14. The normalized spacial score (nSPS) is 9.81. The predicted molar refractivity (Wildman–Crippen MR) is 58.2 cm³/mol. The number of aromatic nitrogens is 2. The first-order chi connectivity index (χ1) is 7.81. The van der Waals surface area contributed by atoms with E-state index in [0.717, 1.165) is 0 Å². The molecule has 0 bridgehead atoms. The first kappa shape index (κ1) is 10.2. The highest BCUT2D eigenvalue weighted by Gasteiger charge is 2.11. The van der Waals surface area contributed by atoms with Crippen molar-refractivity contribution in [3.8, 4) is 0 Å². The molecule has 1 amide bonds. The van der Waals surface area contributed by atoms with Crippen LogP contribution in [0.5, 0.6) is 0 Å². The minimum Gasteiger partial charge on any atom is -0.387 e. The van der Waals surface area contributed by atoms with Gasteiger partial charge in [0.15, 0.2) is 5.82 Å². The van der Waals surface area contributed by atoms with Crippen LogP contribution in [0, 0.1) is 0 Å². The SMILES string of the molecule is CNc1ccncc1C(=O)Nc1ccon1. The Kier molecular flexibility index (Phi) is 2.81. The van der Waals surface area contributed by atoms with E-state index in [2.05, 4.69) is 25.3 Å². The van der Waals surface area contributed by atoms with Gasteiger partial charge in [-0.3, -0.25) is 9.78 Å². The predicted octanol–water partition coefficient (Wildman–Crippen LogP) is 1.36. The number of hydrogen-bond donors (Lipinski definition) is 2. The van der Waals surface area contributed by atoms with E-state index >= 15 is 0 Å². The van der Waals surface area contributed by atoms with E-state index in [1.54, 1.807) is 25.4 Å². The van der Waals surface area contributed by atoms with E-state index in [1.165, 1.54) is 12.5 Å². The third kappa shape index (κ3) is 2.00. The molecular formula is C10H10N4O2. The highest BCUT2D eigenvalue weighted by atomic mass is 16.5. The third-order valence-electron chi connectivity index (χ3n) is 2.01. The molecule has 2 N–H and O–H groups in total. The van der Waals surface area contributed by atoms with Crippen molar-refractivity contribution in [2.75, 3.05) is 17.7 Å². The monoisotopic (exact) mass is 218 g/mol. The summed E-state index contributed by atoms with van der Waals surface area (Å²) in [5, 5.41) is 9.09. The second-order valence-electron chi connectivity index (χ2n) is 3.01. The van der Waals surface area contributed by atoms with Crippen LogP contribution in [0.4, 0.5) is 11.5 Å². The fourth-order valence-electron chi connectivity index (χ4n) is 1.25. The van der Waals surface area contributed by atoms with E-state index in [0.29, 0.717) is 17.1 Å². The van der Waals surface area contributed by atoms with Crippen LogP contribution in [0.3, 0.4) is 0 Å². The number of anilines is 2. The third-order valence-corrected chi connectivity index (χ3v) is 2.01. The number of amides is 1. The van der Waals surface area contributed by atoms with E-state index in [-0.39, 0.29) is 5.91 Å². The molecule has 6 nitrogen and oxygen atoms in total. The molecule has 0 aliphatic rings. The molecular weight excluding hydrogens is 208 g/mol.